The van der Waals surface area contributed by atoms with E-state index in [2.05, 4.69) is 10.6 Å². The van der Waals surface area contributed by atoms with Crippen molar-refractivity contribution in [3.8, 4) is 0 Å². The van der Waals surface area contributed by atoms with E-state index in [0.29, 0.717) is 23.8 Å². The number of nitrogens with one attached hydrogen (secondary N) is 2. The monoisotopic (exact) mass is 337 g/mol. The third kappa shape index (κ3) is 6.59. The largest absolute Gasteiger partial charge is 0.332 e. The van der Waals surface area contributed by atoms with Gasteiger partial charge < -0.3 is 15.5 Å². The minimum absolute atomic E-state index is 0.0289. The highest BCUT2D eigenvalue weighted by molar-refractivity contribution is 6.30. The van der Waals surface area contributed by atoms with Crippen LogP contribution in [0.15, 0.2) is 24.3 Å². The van der Waals surface area contributed by atoms with Crippen molar-refractivity contribution in [2.45, 2.75) is 26.2 Å². The van der Waals surface area contributed by atoms with Gasteiger partial charge in [-0.2, -0.15) is 0 Å². The smallest absolute Gasteiger partial charge is 0.243 e. The minimum atomic E-state index is -0.198. The van der Waals surface area contributed by atoms with Crippen molar-refractivity contribution in [2.75, 3.05) is 31.5 Å². The third-order valence-corrected chi connectivity index (χ3v) is 3.97. The first kappa shape index (κ1) is 17.8. The van der Waals surface area contributed by atoms with Crippen LogP contribution in [-0.2, 0) is 9.59 Å². The van der Waals surface area contributed by atoms with Crippen LogP contribution < -0.4 is 10.6 Å². The molecule has 0 aromatic heterocycles. The molecule has 1 aromatic carbocycles. The van der Waals surface area contributed by atoms with E-state index in [9.17, 15) is 9.59 Å². The fourth-order valence-corrected chi connectivity index (χ4v) is 2.41. The first-order valence-electron chi connectivity index (χ1n) is 8.12. The predicted octanol–water partition coefficient (Wildman–Crippen LogP) is 2.52. The molecular formula is C17H24ClN3O2. The first-order valence-corrected chi connectivity index (χ1v) is 8.50. The summed E-state index contributed by atoms with van der Waals surface area (Å²) in [5.74, 6) is 0.505. The van der Waals surface area contributed by atoms with Crippen molar-refractivity contribution < 1.29 is 9.59 Å². The molecule has 0 aliphatic heterocycles. The Morgan fingerprint density at radius 1 is 1.26 bits per heavy atom. The average molecular weight is 338 g/mol. The Bertz CT molecular complexity index is 529. The normalized spacial score (nSPS) is 13.7. The highest BCUT2D eigenvalue weighted by atomic mass is 35.5. The van der Waals surface area contributed by atoms with Crippen molar-refractivity contribution in [2.24, 2.45) is 5.92 Å². The van der Waals surface area contributed by atoms with Crippen LogP contribution in [0.4, 0.5) is 5.69 Å². The van der Waals surface area contributed by atoms with E-state index >= 15 is 0 Å². The van der Waals surface area contributed by atoms with E-state index in [1.54, 1.807) is 29.2 Å². The summed E-state index contributed by atoms with van der Waals surface area (Å²) in [6, 6.07) is 6.91. The molecule has 2 amide bonds. The van der Waals surface area contributed by atoms with E-state index < -0.39 is 0 Å². The van der Waals surface area contributed by atoms with E-state index in [1.807, 2.05) is 6.92 Å². The molecule has 1 aliphatic carbocycles. The van der Waals surface area contributed by atoms with Gasteiger partial charge in [0.2, 0.25) is 11.8 Å². The van der Waals surface area contributed by atoms with E-state index in [1.165, 1.54) is 12.8 Å². The summed E-state index contributed by atoms with van der Waals surface area (Å²) >= 11 is 5.82. The fourth-order valence-electron chi connectivity index (χ4n) is 2.29. The molecule has 1 saturated carbocycles. The third-order valence-electron chi connectivity index (χ3n) is 3.71. The highest BCUT2D eigenvalue weighted by Gasteiger charge is 2.22. The number of carbonyl (C=O) groups is 2. The molecule has 1 fully saturated rings. The van der Waals surface area contributed by atoms with Crippen LogP contribution in [0.5, 0.6) is 0 Å². The summed E-state index contributed by atoms with van der Waals surface area (Å²) < 4.78 is 0. The molecule has 0 spiro atoms. The summed E-state index contributed by atoms with van der Waals surface area (Å²) in [5.41, 5.74) is 0.676. The molecular weight excluding hydrogens is 314 g/mol. The molecule has 2 rings (SSSR count). The number of anilines is 1. The number of benzene rings is 1. The number of rotatable bonds is 9. The topological polar surface area (TPSA) is 61.4 Å². The molecule has 0 bridgehead atoms. The SMILES string of the molecule is CCCN(CC(=O)Nc1ccc(Cl)cc1)C(=O)CNCC1CC1. The average Bonchev–Trinajstić information content (AvgIpc) is 3.33. The molecule has 5 nitrogen and oxygen atoms in total. The van der Waals surface area contributed by atoms with Gasteiger partial charge in [-0.15, -0.1) is 0 Å². The van der Waals surface area contributed by atoms with Crippen LogP contribution >= 0.6 is 11.6 Å². The maximum atomic E-state index is 12.2. The van der Waals surface area contributed by atoms with Gasteiger partial charge in [-0.25, -0.2) is 0 Å². The Morgan fingerprint density at radius 2 is 1.96 bits per heavy atom. The second kappa shape index (κ2) is 8.89. The standard InChI is InChI=1S/C17H24ClN3O2/c1-2-9-21(17(23)11-19-10-13-3-4-13)12-16(22)20-15-7-5-14(18)6-8-15/h5-8,13,19H,2-4,9-12H2,1H3,(H,20,22). The number of carbonyl (C=O) groups excluding carboxylic acids is 2. The highest BCUT2D eigenvalue weighted by Crippen LogP contribution is 2.27. The van der Waals surface area contributed by atoms with Gasteiger partial charge in [0.1, 0.15) is 0 Å². The molecule has 0 unspecified atom stereocenters. The fraction of sp³-hybridized carbons (Fsp3) is 0.529. The second-order valence-corrected chi connectivity index (χ2v) is 6.38. The van der Waals surface area contributed by atoms with Crippen LogP contribution in [0, 0.1) is 5.92 Å². The van der Waals surface area contributed by atoms with Gasteiger partial charge in [-0.05, 0) is 56.0 Å². The van der Waals surface area contributed by atoms with Gasteiger partial charge in [0.05, 0.1) is 13.1 Å². The maximum absolute atomic E-state index is 12.2. The zero-order valence-corrected chi connectivity index (χ0v) is 14.2. The molecule has 0 saturated heterocycles. The minimum Gasteiger partial charge on any atom is -0.332 e. The molecule has 6 heteroatoms. The summed E-state index contributed by atoms with van der Waals surface area (Å²) in [4.78, 5) is 26.0. The van der Waals surface area contributed by atoms with Crippen LogP contribution in [0.1, 0.15) is 26.2 Å². The van der Waals surface area contributed by atoms with E-state index in [-0.39, 0.29) is 18.4 Å². The Labute approximate surface area is 142 Å². The lowest BCUT2D eigenvalue weighted by molar-refractivity contribution is -0.133. The molecule has 0 atom stereocenters. The lowest BCUT2D eigenvalue weighted by atomic mass is 10.3. The van der Waals surface area contributed by atoms with Crippen LogP contribution in [0.2, 0.25) is 5.02 Å². The number of amides is 2. The Morgan fingerprint density at radius 3 is 2.57 bits per heavy atom. The number of hydrogen-bond acceptors (Lipinski definition) is 3. The molecule has 0 heterocycles. The molecule has 1 aromatic rings. The van der Waals surface area contributed by atoms with Crippen LogP contribution in [0.3, 0.4) is 0 Å². The van der Waals surface area contributed by atoms with Crippen LogP contribution in [0.25, 0.3) is 0 Å². The summed E-state index contributed by atoms with van der Waals surface area (Å²) in [7, 11) is 0. The Hall–Kier alpha value is -1.59. The first-order chi connectivity index (χ1) is 11.1. The quantitative estimate of drug-likeness (QED) is 0.728. The van der Waals surface area contributed by atoms with Crippen molar-refractivity contribution in [3.63, 3.8) is 0 Å². The lowest BCUT2D eigenvalue weighted by Gasteiger charge is -2.22. The molecule has 2 N–H and O–H groups in total. The van der Waals surface area contributed by atoms with Gasteiger partial charge >= 0.3 is 0 Å². The number of hydrogen-bond donors (Lipinski definition) is 2. The van der Waals surface area contributed by atoms with Crippen molar-refractivity contribution in [1.29, 1.82) is 0 Å². The molecule has 126 valence electrons. The van der Waals surface area contributed by atoms with Crippen molar-refractivity contribution >= 4 is 29.1 Å². The van der Waals surface area contributed by atoms with Gasteiger partial charge in [-0.3, -0.25) is 9.59 Å². The summed E-state index contributed by atoms with van der Waals surface area (Å²) in [6.07, 6.45) is 3.33. The zero-order valence-electron chi connectivity index (χ0n) is 13.5. The van der Waals surface area contributed by atoms with E-state index in [4.69, 9.17) is 11.6 Å². The van der Waals surface area contributed by atoms with Crippen LogP contribution in [-0.4, -0.2) is 42.9 Å². The zero-order chi connectivity index (χ0) is 16.7. The number of halogens is 1. The predicted molar refractivity (Wildman–Crippen MR) is 92.5 cm³/mol. The molecule has 23 heavy (non-hydrogen) atoms. The summed E-state index contributed by atoms with van der Waals surface area (Å²) in [5, 5.41) is 6.58. The maximum Gasteiger partial charge on any atom is 0.243 e. The Balaban J connectivity index is 1.80. The second-order valence-electron chi connectivity index (χ2n) is 5.94. The van der Waals surface area contributed by atoms with Gasteiger partial charge in [0.15, 0.2) is 0 Å². The number of nitrogens with zero attached hydrogens (tertiary/aromatic N) is 1. The van der Waals surface area contributed by atoms with Gasteiger partial charge in [0, 0.05) is 17.3 Å². The van der Waals surface area contributed by atoms with Crippen molar-refractivity contribution in [1.82, 2.24) is 10.2 Å². The van der Waals surface area contributed by atoms with E-state index in [0.717, 1.165) is 18.9 Å². The molecule has 0 radical (unpaired) electrons. The van der Waals surface area contributed by atoms with Gasteiger partial charge in [-0.1, -0.05) is 18.5 Å². The van der Waals surface area contributed by atoms with Gasteiger partial charge in [0.25, 0.3) is 0 Å². The van der Waals surface area contributed by atoms with Crippen molar-refractivity contribution in [3.05, 3.63) is 29.3 Å². The summed E-state index contributed by atoms with van der Waals surface area (Å²) in [6.45, 7) is 3.83. The molecule has 1 aliphatic rings. The Kier molecular flexibility index (Phi) is 6.86. The lowest BCUT2D eigenvalue weighted by Crippen LogP contribution is -2.43.